The Kier molecular flexibility index (Phi) is 2.27. The summed E-state index contributed by atoms with van der Waals surface area (Å²) in [5.74, 6) is -2.22. The minimum absolute atomic E-state index is 0.0935. The molecule has 5 heteroatoms. The van der Waals surface area contributed by atoms with Crippen molar-refractivity contribution in [1.82, 2.24) is 0 Å². The van der Waals surface area contributed by atoms with Crippen LogP contribution in [0.3, 0.4) is 0 Å². The van der Waals surface area contributed by atoms with E-state index in [0.29, 0.717) is 10.9 Å². The second-order valence-electron chi connectivity index (χ2n) is 5.30. The van der Waals surface area contributed by atoms with Crippen LogP contribution < -0.4 is 10.4 Å². The summed E-state index contributed by atoms with van der Waals surface area (Å²) in [6.45, 7) is 5.55. The number of hydrogen-bond donors (Lipinski definition) is 0. The molecule has 0 radical (unpaired) electrons. The molecular formula is C14H12F2O3. The highest BCUT2D eigenvalue weighted by molar-refractivity contribution is 5.84. The summed E-state index contributed by atoms with van der Waals surface area (Å²) in [5, 5.41) is 0.381. The van der Waals surface area contributed by atoms with Crippen LogP contribution >= 0.6 is 0 Å². The van der Waals surface area contributed by atoms with E-state index in [1.807, 2.05) is 20.8 Å². The van der Waals surface area contributed by atoms with Crippen LogP contribution in [0.5, 0.6) is 5.75 Å². The predicted molar refractivity (Wildman–Crippen MR) is 65.5 cm³/mol. The summed E-state index contributed by atoms with van der Waals surface area (Å²) in [7, 11) is 0. The number of ether oxygens (including phenoxy) is 1. The fraction of sp³-hybridized carbons (Fsp3) is 0.357. The maximum atomic E-state index is 13.7. The first-order valence-corrected chi connectivity index (χ1v) is 5.96. The molecule has 0 bridgehead atoms. The van der Waals surface area contributed by atoms with Gasteiger partial charge < -0.3 is 9.15 Å². The minimum Gasteiger partial charge on any atom is -0.480 e. The molecule has 0 fully saturated rings. The second-order valence-corrected chi connectivity index (χ2v) is 5.30. The summed E-state index contributed by atoms with van der Waals surface area (Å²) < 4.78 is 37.4. The van der Waals surface area contributed by atoms with Crippen molar-refractivity contribution in [3.05, 3.63) is 39.8 Å². The lowest BCUT2D eigenvalue weighted by Gasteiger charge is -2.22. The monoisotopic (exact) mass is 266 g/mol. The van der Waals surface area contributed by atoms with E-state index in [4.69, 9.17) is 9.15 Å². The maximum Gasteiger partial charge on any atom is 0.379 e. The van der Waals surface area contributed by atoms with Gasteiger partial charge >= 0.3 is 5.63 Å². The molecular weight excluding hydrogens is 254 g/mol. The van der Waals surface area contributed by atoms with E-state index in [-0.39, 0.29) is 17.3 Å². The molecule has 0 spiro atoms. The number of rotatable bonds is 0. The van der Waals surface area contributed by atoms with Gasteiger partial charge in [-0.2, -0.15) is 4.39 Å². The van der Waals surface area contributed by atoms with Crippen LogP contribution in [0.25, 0.3) is 11.0 Å². The Balaban J connectivity index is 2.47. The quantitative estimate of drug-likeness (QED) is 0.686. The highest BCUT2D eigenvalue weighted by Crippen LogP contribution is 2.45. The van der Waals surface area contributed by atoms with Gasteiger partial charge in [0.05, 0.1) is 0 Å². The molecule has 0 N–H and O–H groups in total. The van der Waals surface area contributed by atoms with E-state index in [2.05, 4.69) is 0 Å². The Morgan fingerprint density at radius 1 is 1.26 bits per heavy atom. The van der Waals surface area contributed by atoms with Gasteiger partial charge in [-0.05, 0) is 26.0 Å². The summed E-state index contributed by atoms with van der Waals surface area (Å²) in [6, 6.07) is 2.44. The average molecular weight is 266 g/mol. The molecule has 2 aromatic rings. The second kappa shape index (κ2) is 3.56. The van der Waals surface area contributed by atoms with Gasteiger partial charge in [0.15, 0.2) is 11.4 Å². The standard InChI is InChI=1S/C14H12F2O3/c1-6-9-7-4-5-8(15)10(16)11(7)18-13(17)12(9)19-14(6,2)3/h4-6H,1-3H3/t6-/m0/s1. The zero-order valence-electron chi connectivity index (χ0n) is 10.7. The number of benzene rings is 1. The van der Waals surface area contributed by atoms with E-state index in [9.17, 15) is 13.6 Å². The molecule has 1 aliphatic heterocycles. The number of halogens is 2. The van der Waals surface area contributed by atoms with E-state index >= 15 is 0 Å². The molecule has 0 saturated carbocycles. The Morgan fingerprint density at radius 2 is 1.95 bits per heavy atom. The van der Waals surface area contributed by atoms with E-state index in [1.54, 1.807) is 0 Å². The largest absolute Gasteiger partial charge is 0.480 e. The van der Waals surface area contributed by atoms with Crippen LogP contribution in [-0.2, 0) is 0 Å². The highest BCUT2D eigenvalue weighted by Gasteiger charge is 2.42. The van der Waals surface area contributed by atoms with Crippen molar-refractivity contribution in [2.24, 2.45) is 0 Å². The predicted octanol–water partition coefficient (Wildman–Crippen LogP) is 3.35. The third-order valence-corrected chi connectivity index (χ3v) is 3.81. The van der Waals surface area contributed by atoms with Crippen LogP contribution in [0.15, 0.2) is 21.3 Å². The SMILES string of the molecule is C[C@H]1c2c(c(=O)oc3c(F)c(F)ccc23)OC1(C)C. The fourth-order valence-electron chi connectivity index (χ4n) is 2.44. The van der Waals surface area contributed by atoms with Crippen LogP contribution in [-0.4, -0.2) is 5.60 Å². The van der Waals surface area contributed by atoms with Gasteiger partial charge in [0.1, 0.15) is 5.60 Å². The van der Waals surface area contributed by atoms with Gasteiger partial charge in [-0.15, -0.1) is 0 Å². The van der Waals surface area contributed by atoms with Crippen molar-refractivity contribution >= 4 is 11.0 Å². The Morgan fingerprint density at radius 3 is 2.63 bits per heavy atom. The van der Waals surface area contributed by atoms with Gasteiger partial charge in [-0.3, -0.25) is 0 Å². The first kappa shape index (κ1) is 12.1. The maximum absolute atomic E-state index is 13.7. The zero-order chi connectivity index (χ0) is 13.9. The van der Waals surface area contributed by atoms with Gasteiger partial charge in [-0.1, -0.05) is 6.92 Å². The number of hydrogen-bond acceptors (Lipinski definition) is 3. The summed E-state index contributed by atoms with van der Waals surface area (Å²) >= 11 is 0. The summed E-state index contributed by atoms with van der Waals surface area (Å²) in [4.78, 5) is 11.8. The molecule has 19 heavy (non-hydrogen) atoms. The molecule has 1 atom stereocenters. The zero-order valence-corrected chi connectivity index (χ0v) is 10.7. The molecule has 0 unspecified atom stereocenters. The molecule has 1 aromatic heterocycles. The van der Waals surface area contributed by atoms with Gasteiger partial charge in [-0.25, -0.2) is 9.18 Å². The molecule has 0 amide bonds. The molecule has 1 aliphatic rings. The van der Waals surface area contributed by atoms with E-state index < -0.39 is 22.9 Å². The van der Waals surface area contributed by atoms with Crippen molar-refractivity contribution in [3.8, 4) is 5.75 Å². The number of fused-ring (bicyclic) bond motifs is 3. The van der Waals surface area contributed by atoms with Crippen molar-refractivity contribution in [2.45, 2.75) is 32.3 Å². The molecule has 0 saturated heterocycles. The lowest BCUT2D eigenvalue weighted by molar-refractivity contribution is 0.112. The van der Waals surface area contributed by atoms with Crippen LogP contribution in [0.4, 0.5) is 8.78 Å². The molecule has 0 aliphatic carbocycles. The summed E-state index contributed by atoms with van der Waals surface area (Å²) in [5.41, 5.74) is -1.13. The van der Waals surface area contributed by atoms with Crippen LogP contribution in [0.2, 0.25) is 0 Å². The minimum atomic E-state index is -1.14. The van der Waals surface area contributed by atoms with Gasteiger partial charge in [0, 0.05) is 16.9 Å². The third kappa shape index (κ3) is 1.50. The van der Waals surface area contributed by atoms with Crippen molar-refractivity contribution in [2.75, 3.05) is 0 Å². The molecule has 1 aromatic carbocycles. The topological polar surface area (TPSA) is 39.4 Å². The van der Waals surface area contributed by atoms with E-state index in [0.717, 1.165) is 6.07 Å². The van der Waals surface area contributed by atoms with Gasteiger partial charge in [0.2, 0.25) is 11.6 Å². The molecule has 3 rings (SSSR count). The van der Waals surface area contributed by atoms with Crippen LogP contribution in [0.1, 0.15) is 32.3 Å². The highest BCUT2D eigenvalue weighted by atomic mass is 19.2. The van der Waals surface area contributed by atoms with Crippen molar-refractivity contribution in [1.29, 1.82) is 0 Å². The van der Waals surface area contributed by atoms with Crippen molar-refractivity contribution < 1.29 is 17.9 Å². The third-order valence-electron chi connectivity index (χ3n) is 3.81. The lowest BCUT2D eigenvalue weighted by atomic mass is 9.87. The smallest absolute Gasteiger partial charge is 0.379 e. The molecule has 3 nitrogen and oxygen atoms in total. The molecule has 100 valence electrons. The normalized spacial score (nSPS) is 20.4. The summed E-state index contributed by atoms with van der Waals surface area (Å²) in [6.07, 6.45) is 0. The van der Waals surface area contributed by atoms with E-state index in [1.165, 1.54) is 6.07 Å². The molecule has 2 heterocycles. The fourth-order valence-corrected chi connectivity index (χ4v) is 2.44. The lowest BCUT2D eigenvalue weighted by Crippen LogP contribution is -2.28. The Hall–Kier alpha value is -1.91. The van der Waals surface area contributed by atoms with Crippen molar-refractivity contribution in [3.63, 3.8) is 0 Å². The Labute approximate surface area is 107 Å². The van der Waals surface area contributed by atoms with Gasteiger partial charge in [0.25, 0.3) is 0 Å². The first-order chi connectivity index (χ1) is 8.83. The first-order valence-electron chi connectivity index (χ1n) is 5.96. The Bertz CT molecular complexity index is 746. The van der Waals surface area contributed by atoms with Crippen LogP contribution in [0, 0.1) is 11.6 Å². The average Bonchev–Trinajstić information content (AvgIpc) is 2.58.